The number of nitrogens with one attached hydrogen (secondary N) is 1. The molecule has 8 nitrogen and oxygen atoms in total. The predicted molar refractivity (Wildman–Crippen MR) is 93.1 cm³/mol. The van der Waals surface area contributed by atoms with Gasteiger partial charge in [-0.1, -0.05) is 6.07 Å². The van der Waals surface area contributed by atoms with Gasteiger partial charge in [0, 0.05) is 31.9 Å². The van der Waals surface area contributed by atoms with Crippen LogP contribution >= 0.6 is 11.3 Å². The molecule has 27 heavy (non-hydrogen) atoms. The van der Waals surface area contributed by atoms with Gasteiger partial charge in [0.05, 0.1) is 0 Å². The summed E-state index contributed by atoms with van der Waals surface area (Å²) < 4.78 is 65.5. The molecule has 0 aliphatic carbocycles. The summed E-state index contributed by atoms with van der Waals surface area (Å²) >= 11 is 1.11. The number of alkyl halides is 3. The van der Waals surface area contributed by atoms with Crippen LogP contribution in [-0.2, 0) is 16.2 Å². The molecule has 0 aliphatic rings. The Balaban J connectivity index is 1.76. The Bertz CT molecular complexity index is 1050. The van der Waals surface area contributed by atoms with E-state index in [0.29, 0.717) is 5.69 Å². The van der Waals surface area contributed by atoms with E-state index in [1.54, 1.807) is 18.4 Å². The van der Waals surface area contributed by atoms with Gasteiger partial charge in [-0.05, 0) is 18.4 Å². The predicted octanol–water partition coefficient (Wildman–Crippen LogP) is 2.25. The molecule has 0 saturated heterocycles. The van der Waals surface area contributed by atoms with Crippen LogP contribution in [-0.4, -0.2) is 52.4 Å². The quantitative estimate of drug-likeness (QED) is 0.658. The minimum absolute atomic E-state index is 0.101. The lowest BCUT2D eigenvalue weighted by Gasteiger charge is -2.17. The van der Waals surface area contributed by atoms with Gasteiger partial charge in [-0.2, -0.15) is 27.0 Å². The first-order chi connectivity index (χ1) is 12.6. The van der Waals surface area contributed by atoms with Gasteiger partial charge in [-0.25, -0.2) is 13.4 Å². The molecular weight excluding hydrogens is 405 g/mol. The minimum Gasteiger partial charge on any atom is -0.369 e. The third kappa shape index (κ3) is 4.04. The average Bonchev–Trinajstić information content (AvgIpc) is 3.23. The van der Waals surface area contributed by atoms with Crippen molar-refractivity contribution in [1.29, 1.82) is 0 Å². The number of halogens is 3. The van der Waals surface area contributed by atoms with E-state index in [9.17, 15) is 21.6 Å². The van der Waals surface area contributed by atoms with Gasteiger partial charge in [0.25, 0.3) is 21.6 Å². The van der Waals surface area contributed by atoms with E-state index in [1.165, 1.54) is 23.5 Å². The van der Waals surface area contributed by atoms with Crippen molar-refractivity contribution in [3.05, 3.63) is 35.1 Å². The average molecular weight is 420 g/mol. The number of thiophene rings is 1. The Morgan fingerprint density at radius 2 is 2.07 bits per heavy atom. The van der Waals surface area contributed by atoms with Crippen molar-refractivity contribution < 1.29 is 21.6 Å². The molecule has 3 rings (SSSR count). The van der Waals surface area contributed by atoms with Gasteiger partial charge in [-0.3, -0.25) is 0 Å². The van der Waals surface area contributed by atoms with E-state index in [1.807, 2.05) is 0 Å². The third-order valence-electron chi connectivity index (χ3n) is 3.59. The van der Waals surface area contributed by atoms with Gasteiger partial charge in [-0.15, -0.1) is 16.4 Å². The van der Waals surface area contributed by atoms with Crippen molar-refractivity contribution in [2.24, 2.45) is 0 Å². The van der Waals surface area contributed by atoms with E-state index in [4.69, 9.17) is 0 Å². The number of hydrogen-bond acceptors (Lipinski definition) is 7. The fourth-order valence-corrected chi connectivity index (χ4v) is 4.63. The number of hydrogen-bond donors (Lipinski definition) is 1. The van der Waals surface area contributed by atoms with Gasteiger partial charge in [0.15, 0.2) is 0 Å². The number of aryl methyl sites for hydroxylation is 1. The van der Waals surface area contributed by atoms with Crippen molar-refractivity contribution in [2.45, 2.75) is 17.3 Å². The Hall–Kier alpha value is -2.25. The summed E-state index contributed by atoms with van der Waals surface area (Å²) in [7, 11) is -2.17. The summed E-state index contributed by atoms with van der Waals surface area (Å²) in [6.07, 6.45) is -4.69. The molecule has 0 radical (unpaired) electrons. The van der Waals surface area contributed by atoms with Crippen LogP contribution in [0.1, 0.15) is 11.5 Å². The van der Waals surface area contributed by atoms with Crippen LogP contribution in [0, 0.1) is 6.92 Å². The van der Waals surface area contributed by atoms with Crippen molar-refractivity contribution in [2.75, 3.05) is 25.5 Å². The van der Waals surface area contributed by atoms with Gasteiger partial charge in [0.1, 0.15) is 10.0 Å². The molecule has 0 amide bonds. The number of aromatic nitrogens is 4. The lowest BCUT2D eigenvalue weighted by atomic mass is 10.4. The number of anilines is 1. The van der Waals surface area contributed by atoms with Crippen LogP contribution in [0.4, 0.5) is 19.0 Å². The van der Waals surface area contributed by atoms with E-state index in [2.05, 4.69) is 20.4 Å². The van der Waals surface area contributed by atoms with E-state index < -0.39 is 22.0 Å². The lowest BCUT2D eigenvalue weighted by molar-refractivity contribution is -0.144. The third-order valence-corrected chi connectivity index (χ3v) is 6.82. The highest BCUT2D eigenvalue weighted by Crippen LogP contribution is 2.27. The standard InChI is InChI=1S/C14H15F3N6O2S2/c1-9-8-10(23-13(19-9)20-12(21-23)14(15,16)17)18-5-6-22(2)27(24,25)11-4-3-7-26-11/h3-4,7-8,18H,5-6H2,1-2H3. The highest BCUT2D eigenvalue weighted by molar-refractivity contribution is 7.91. The molecule has 3 aromatic rings. The summed E-state index contributed by atoms with van der Waals surface area (Å²) in [5, 5.41) is 7.99. The van der Waals surface area contributed by atoms with Crippen molar-refractivity contribution in [3.63, 3.8) is 0 Å². The molecule has 3 heterocycles. The molecule has 0 spiro atoms. The SMILES string of the molecule is Cc1cc(NCCN(C)S(=O)(=O)c2cccs2)n2nc(C(F)(F)F)nc2n1. The lowest BCUT2D eigenvalue weighted by Crippen LogP contribution is -2.31. The number of likely N-dealkylation sites (N-methyl/N-ethyl adjacent to an activating group) is 1. The topological polar surface area (TPSA) is 92.5 Å². The molecular formula is C14H15F3N6O2S2. The second-order valence-corrected chi connectivity index (χ2v) is 8.83. The summed E-state index contributed by atoms with van der Waals surface area (Å²) in [4.78, 5) is 7.32. The first-order valence-electron chi connectivity index (χ1n) is 7.64. The number of fused-ring (bicyclic) bond motifs is 1. The van der Waals surface area contributed by atoms with E-state index in [0.717, 1.165) is 15.9 Å². The summed E-state index contributed by atoms with van der Waals surface area (Å²) in [5.41, 5.74) is 0.450. The fraction of sp³-hybridized carbons (Fsp3) is 0.357. The second kappa shape index (κ2) is 7.05. The van der Waals surface area contributed by atoms with Crippen molar-refractivity contribution in [3.8, 4) is 0 Å². The van der Waals surface area contributed by atoms with Crippen LogP contribution in [0.15, 0.2) is 27.8 Å². The van der Waals surface area contributed by atoms with Gasteiger partial charge < -0.3 is 5.32 Å². The first-order valence-corrected chi connectivity index (χ1v) is 9.96. The maximum atomic E-state index is 12.8. The molecule has 0 aliphatic heterocycles. The molecule has 0 unspecified atom stereocenters. The monoisotopic (exact) mass is 420 g/mol. The number of nitrogens with zero attached hydrogens (tertiary/aromatic N) is 5. The zero-order valence-electron chi connectivity index (χ0n) is 14.2. The molecule has 0 atom stereocenters. The highest BCUT2D eigenvalue weighted by Gasteiger charge is 2.36. The Kier molecular flexibility index (Phi) is 5.10. The summed E-state index contributed by atoms with van der Waals surface area (Å²) in [6, 6.07) is 4.66. The Morgan fingerprint density at radius 3 is 2.70 bits per heavy atom. The summed E-state index contributed by atoms with van der Waals surface area (Å²) in [5.74, 6) is -1.24. The largest absolute Gasteiger partial charge is 0.453 e. The molecule has 13 heteroatoms. The zero-order valence-corrected chi connectivity index (χ0v) is 15.9. The molecule has 0 saturated carbocycles. The molecule has 0 bridgehead atoms. The van der Waals surface area contributed by atoms with Crippen LogP contribution in [0.5, 0.6) is 0 Å². The van der Waals surface area contributed by atoms with Crippen molar-refractivity contribution in [1.82, 2.24) is 23.9 Å². The summed E-state index contributed by atoms with van der Waals surface area (Å²) in [6.45, 7) is 1.87. The Morgan fingerprint density at radius 1 is 1.33 bits per heavy atom. The van der Waals surface area contributed by atoms with Crippen LogP contribution < -0.4 is 5.32 Å². The van der Waals surface area contributed by atoms with Gasteiger partial charge >= 0.3 is 6.18 Å². The second-order valence-electron chi connectivity index (χ2n) is 5.61. The van der Waals surface area contributed by atoms with Crippen LogP contribution in [0.2, 0.25) is 0 Å². The zero-order chi connectivity index (χ0) is 19.8. The normalized spacial score (nSPS) is 12.8. The highest BCUT2D eigenvalue weighted by atomic mass is 32.2. The maximum absolute atomic E-state index is 12.8. The van der Waals surface area contributed by atoms with Crippen LogP contribution in [0.3, 0.4) is 0 Å². The Labute approximate surface area is 156 Å². The van der Waals surface area contributed by atoms with E-state index in [-0.39, 0.29) is 28.9 Å². The number of rotatable bonds is 6. The fourth-order valence-electron chi connectivity index (χ4n) is 2.26. The number of sulfonamides is 1. The first kappa shape index (κ1) is 19.5. The van der Waals surface area contributed by atoms with E-state index >= 15 is 0 Å². The molecule has 0 fully saturated rings. The minimum atomic E-state index is -4.69. The molecule has 1 N–H and O–H groups in total. The van der Waals surface area contributed by atoms with Crippen molar-refractivity contribution >= 4 is 33.0 Å². The molecule has 3 aromatic heterocycles. The van der Waals surface area contributed by atoms with Gasteiger partial charge in [0.2, 0.25) is 0 Å². The molecule has 0 aromatic carbocycles. The van der Waals surface area contributed by atoms with Crippen LogP contribution in [0.25, 0.3) is 5.78 Å². The smallest absolute Gasteiger partial charge is 0.369 e. The molecule has 146 valence electrons. The maximum Gasteiger partial charge on any atom is 0.453 e.